The molecule has 2 nitrogen and oxygen atoms in total. The Morgan fingerprint density at radius 3 is 2.47 bits per heavy atom. The minimum atomic E-state index is -0.0661. The molecule has 3 heteroatoms. The topological polar surface area (TPSA) is 35.8 Å². The molecule has 80 valence electrons. The van der Waals surface area contributed by atoms with Crippen LogP contribution in [0.5, 0.6) is 0 Å². The van der Waals surface area contributed by atoms with Gasteiger partial charge in [0.05, 0.1) is 12.1 Å². The maximum absolute atomic E-state index is 8.85. The van der Waals surface area contributed by atoms with E-state index in [4.69, 9.17) is 5.26 Å². The van der Waals surface area contributed by atoms with E-state index in [1.54, 1.807) is 0 Å². The molecule has 0 aliphatic heterocycles. The Balaban J connectivity index is 2.65. The van der Waals surface area contributed by atoms with Crippen LogP contribution >= 0.6 is 15.9 Å². The number of halogens is 1. The predicted octanol–water partition coefficient (Wildman–Crippen LogP) is 3.40. The van der Waals surface area contributed by atoms with Gasteiger partial charge >= 0.3 is 0 Å². The molecule has 15 heavy (non-hydrogen) atoms. The van der Waals surface area contributed by atoms with Gasteiger partial charge in [0.1, 0.15) is 0 Å². The summed E-state index contributed by atoms with van der Waals surface area (Å²) in [6.45, 7) is 4.08. The lowest BCUT2D eigenvalue weighted by Gasteiger charge is -2.17. The van der Waals surface area contributed by atoms with Gasteiger partial charge in [-0.1, -0.05) is 35.0 Å². The first-order chi connectivity index (χ1) is 7.17. The third-order valence-corrected chi connectivity index (χ3v) is 2.91. The summed E-state index contributed by atoms with van der Waals surface area (Å²) in [5, 5.41) is 12.1. The number of hydrogen-bond donors (Lipinski definition) is 1. The van der Waals surface area contributed by atoms with E-state index >= 15 is 0 Å². The predicted molar refractivity (Wildman–Crippen MR) is 65.4 cm³/mol. The van der Waals surface area contributed by atoms with Crippen LogP contribution in [0.25, 0.3) is 0 Å². The van der Waals surface area contributed by atoms with Crippen LogP contribution in [-0.2, 0) is 0 Å². The van der Waals surface area contributed by atoms with E-state index in [0.29, 0.717) is 0 Å². The fourth-order valence-corrected chi connectivity index (χ4v) is 1.66. The largest absolute Gasteiger partial charge is 0.295 e. The lowest BCUT2D eigenvalue weighted by molar-refractivity contribution is 0.508. The number of hydrogen-bond acceptors (Lipinski definition) is 2. The quantitative estimate of drug-likeness (QED) is 0.907. The minimum absolute atomic E-state index is 0.0661. The maximum atomic E-state index is 8.85. The third kappa shape index (κ3) is 3.65. The van der Waals surface area contributed by atoms with Gasteiger partial charge in [-0.15, -0.1) is 0 Å². The summed E-state index contributed by atoms with van der Waals surface area (Å²) in [6, 6.07) is 10.5. The molecule has 1 aromatic rings. The molecule has 0 aliphatic rings. The first-order valence-corrected chi connectivity index (χ1v) is 5.87. The second-order valence-electron chi connectivity index (χ2n) is 3.53. The molecule has 0 bridgehead atoms. The van der Waals surface area contributed by atoms with E-state index in [-0.39, 0.29) is 12.1 Å². The highest BCUT2D eigenvalue weighted by atomic mass is 79.9. The monoisotopic (exact) mass is 266 g/mol. The molecule has 1 aromatic carbocycles. The second-order valence-corrected chi connectivity index (χ2v) is 4.45. The number of nitriles is 1. The molecule has 0 radical (unpaired) electrons. The summed E-state index contributed by atoms with van der Waals surface area (Å²) in [5.74, 6) is 0. The molecule has 0 fully saturated rings. The molecule has 1 N–H and O–H groups in total. The Kier molecular flexibility index (Phi) is 4.80. The van der Waals surface area contributed by atoms with Crippen LogP contribution in [0.1, 0.15) is 31.9 Å². The van der Waals surface area contributed by atoms with E-state index in [0.717, 1.165) is 10.9 Å². The van der Waals surface area contributed by atoms with E-state index in [2.05, 4.69) is 46.4 Å². The fourth-order valence-electron chi connectivity index (χ4n) is 1.40. The van der Waals surface area contributed by atoms with Gasteiger partial charge in [0.2, 0.25) is 0 Å². The molecule has 2 unspecified atom stereocenters. The average molecular weight is 267 g/mol. The smallest absolute Gasteiger partial charge is 0.0954 e. The van der Waals surface area contributed by atoms with Crippen LogP contribution in [0.3, 0.4) is 0 Å². The lowest BCUT2D eigenvalue weighted by atomic mass is 10.1. The third-order valence-electron chi connectivity index (χ3n) is 2.39. The van der Waals surface area contributed by atoms with Crippen LogP contribution in [0.4, 0.5) is 0 Å². The summed E-state index contributed by atoms with van der Waals surface area (Å²) in [4.78, 5) is 0. The van der Waals surface area contributed by atoms with Gasteiger partial charge in [0.15, 0.2) is 0 Å². The second kappa shape index (κ2) is 5.89. The van der Waals surface area contributed by atoms with Crippen LogP contribution in [0.2, 0.25) is 0 Å². The Morgan fingerprint density at radius 1 is 1.40 bits per heavy atom. The highest BCUT2D eigenvalue weighted by Crippen LogP contribution is 2.17. The first kappa shape index (κ1) is 12.2. The Morgan fingerprint density at radius 2 is 2.00 bits per heavy atom. The number of nitrogens with one attached hydrogen (secondary N) is 1. The zero-order valence-electron chi connectivity index (χ0n) is 9.00. The Hall–Kier alpha value is -0.850. The standard InChI is InChI=1S/C12H15BrN2/c1-3-12(8-14)15-9(2)10-4-6-11(13)7-5-10/h4-7,9,12,15H,3H2,1-2H3. The summed E-state index contributed by atoms with van der Waals surface area (Å²) in [7, 11) is 0. The number of benzene rings is 1. The normalized spacial score (nSPS) is 14.3. The van der Waals surface area contributed by atoms with Gasteiger partial charge < -0.3 is 0 Å². The van der Waals surface area contributed by atoms with Crippen molar-refractivity contribution in [3.8, 4) is 6.07 Å². The minimum Gasteiger partial charge on any atom is -0.295 e. The van der Waals surface area contributed by atoms with Crippen LogP contribution in [0, 0.1) is 11.3 Å². The summed E-state index contributed by atoms with van der Waals surface area (Å²) in [5.41, 5.74) is 1.20. The fraction of sp³-hybridized carbons (Fsp3) is 0.417. The van der Waals surface area contributed by atoms with Gasteiger partial charge in [-0.05, 0) is 31.0 Å². The summed E-state index contributed by atoms with van der Waals surface area (Å²) < 4.78 is 1.07. The molecule has 0 heterocycles. The van der Waals surface area contributed by atoms with Crippen molar-refractivity contribution in [1.29, 1.82) is 5.26 Å². The zero-order chi connectivity index (χ0) is 11.3. The van der Waals surface area contributed by atoms with Crippen molar-refractivity contribution in [3.63, 3.8) is 0 Å². The van der Waals surface area contributed by atoms with E-state index in [1.165, 1.54) is 5.56 Å². The Labute approximate surface area is 99.4 Å². The van der Waals surface area contributed by atoms with Crippen molar-refractivity contribution < 1.29 is 0 Å². The molecular weight excluding hydrogens is 252 g/mol. The van der Waals surface area contributed by atoms with Gasteiger partial charge in [-0.25, -0.2) is 0 Å². The van der Waals surface area contributed by atoms with E-state index < -0.39 is 0 Å². The summed E-state index contributed by atoms with van der Waals surface area (Å²) >= 11 is 3.40. The molecular formula is C12H15BrN2. The highest BCUT2D eigenvalue weighted by molar-refractivity contribution is 9.10. The molecule has 0 aliphatic carbocycles. The highest BCUT2D eigenvalue weighted by Gasteiger charge is 2.10. The van der Waals surface area contributed by atoms with Crippen LogP contribution in [0.15, 0.2) is 28.7 Å². The zero-order valence-corrected chi connectivity index (χ0v) is 10.6. The van der Waals surface area contributed by atoms with Crippen LogP contribution < -0.4 is 5.32 Å². The SMILES string of the molecule is CCC(C#N)NC(C)c1ccc(Br)cc1. The molecule has 1 rings (SSSR count). The lowest BCUT2D eigenvalue weighted by Crippen LogP contribution is -2.29. The number of nitrogens with zero attached hydrogens (tertiary/aromatic N) is 1. The summed E-state index contributed by atoms with van der Waals surface area (Å²) in [6.07, 6.45) is 0.831. The van der Waals surface area contributed by atoms with Crippen molar-refractivity contribution in [2.24, 2.45) is 0 Å². The van der Waals surface area contributed by atoms with Gasteiger partial charge in [-0.2, -0.15) is 5.26 Å². The van der Waals surface area contributed by atoms with Gasteiger partial charge in [0.25, 0.3) is 0 Å². The van der Waals surface area contributed by atoms with Crippen LogP contribution in [-0.4, -0.2) is 6.04 Å². The number of rotatable bonds is 4. The van der Waals surface area contributed by atoms with Crippen molar-refractivity contribution >= 4 is 15.9 Å². The Bertz CT molecular complexity index is 340. The maximum Gasteiger partial charge on any atom is 0.0954 e. The van der Waals surface area contributed by atoms with Crippen molar-refractivity contribution in [1.82, 2.24) is 5.32 Å². The van der Waals surface area contributed by atoms with Crippen molar-refractivity contribution in [3.05, 3.63) is 34.3 Å². The molecule has 0 aromatic heterocycles. The average Bonchev–Trinajstić information content (AvgIpc) is 2.26. The molecule has 2 atom stereocenters. The molecule has 0 saturated carbocycles. The van der Waals surface area contributed by atoms with Crippen molar-refractivity contribution in [2.75, 3.05) is 0 Å². The first-order valence-electron chi connectivity index (χ1n) is 5.08. The van der Waals surface area contributed by atoms with E-state index in [9.17, 15) is 0 Å². The molecule has 0 spiro atoms. The molecule has 0 amide bonds. The molecule has 0 saturated heterocycles. The van der Waals surface area contributed by atoms with Crippen molar-refractivity contribution in [2.45, 2.75) is 32.4 Å². The van der Waals surface area contributed by atoms with Gasteiger partial charge in [0, 0.05) is 10.5 Å². The van der Waals surface area contributed by atoms with Gasteiger partial charge in [-0.3, -0.25) is 5.32 Å². The van der Waals surface area contributed by atoms with E-state index in [1.807, 2.05) is 19.1 Å².